The van der Waals surface area contributed by atoms with Gasteiger partial charge in [0.2, 0.25) is 0 Å². The fourth-order valence-electron chi connectivity index (χ4n) is 1.06. The van der Waals surface area contributed by atoms with Crippen LogP contribution in [0.25, 0.3) is 0 Å². The third-order valence-electron chi connectivity index (χ3n) is 1.85. The zero-order valence-electron chi connectivity index (χ0n) is 8.51. The zero-order chi connectivity index (χ0) is 10.6. The van der Waals surface area contributed by atoms with Crippen LogP contribution < -0.4 is 0 Å². The fraction of sp³-hybridized carbons (Fsp3) is 0.900. The van der Waals surface area contributed by atoms with Crippen molar-refractivity contribution >= 4 is 21.9 Å². The van der Waals surface area contributed by atoms with Gasteiger partial charge in [-0.3, -0.25) is 4.79 Å². The Morgan fingerprint density at radius 2 is 1.71 bits per heavy atom. The molecule has 14 heavy (non-hydrogen) atoms. The summed E-state index contributed by atoms with van der Waals surface area (Å²) in [5.74, 6) is -0.705. The Labute approximate surface area is 94.0 Å². The van der Waals surface area contributed by atoms with Gasteiger partial charge in [-0.05, 0) is 25.7 Å². The lowest BCUT2D eigenvalue weighted by atomic mass is 10.2. The van der Waals surface area contributed by atoms with E-state index in [0.717, 1.165) is 50.6 Å². The number of hydrogen-bond donors (Lipinski definition) is 1. The molecule has 0 spiro atoms. The molecule has 3 nitrogen and oxygen atoms in total. The molecule has 0 atom stereocenters. The summed E-state index contributed by atoms with van der Waals surface area (Å²) in [5, 5.41) is 9.41. The third kappa shape index (κ3) is 11.9. The number of carboxylic acid groups (broad SMARTS) is 1. The standard InChI is InChI=1S/C10H19BrO3/c11-7-3-5-9-14-8-4-1-2-6-10(12)13/h1-9H2,(H,12,13). The zero-order valence-corrected chi connectivity index (χ0v) is 10.1. The smallest absolute Gasteiger partial charge is 0.303 e. The molecule has 0 aromatic heterocycles. The number of aliphatic carboxylic acids is 1. The lowest BCUT2D eigenvalue weighted by Gasteiger charge is -2.02. The largest absolute Gasteiger partial charge is 0.481 e. The van der Waals surface area contributed by atoms with Crippen LogP contribution in [-0.4, -0.2) is 29.6 Å². The van der Waals surface area contributed by atoms with Gasteiger partial charge in [0.25, 0.3) is 0 Å². The summed E-state index contributed by atoms with van der Waals surface area (Å²) in [7, 11) is 0. The molecule has 0 rings (SSSR count). The minimum absolute atomic E-state index is 0.281. The highest BCUT2D eigenvalue weighted by Crippen LogP contribution is 2.01. The Kier molecular flexibility index (Phi) is 10.9. The second-order valence-corrected chi connectivity index (χ2v) is 4.01. The molecular formula is C10H19BrO3. The second kappa shape index (κ2) is 11.0. The highest BCUT2D eigenvalue weighted by molar-refractivity contribution is 9.09. The molecular weight excluding hydrogens is 248 g/mol. The van der Waals surface area contributed by atoms with E-state index < -0.39 is 5.97 Å². The van der Waals surface area contributed by atoms with Gasteiger partial charge < -0.3 is 9.84 Å². The first-order valence-corrected chi connectivity index (χ1v) is 6.25. The van der Waals surface area contributed by atoms with Gasteiger partial charge in [-0.15, -0.1) is 0 Å². The van der Waals surface area contributed by atoms with Gasteiger partial charge >= 0.3 is 5.97 Å². The number of halogens is 1. The van der Waals surface area contributed by atoms with E-state index in [1.807, 2.05) is 0 Å². The van der Waals surface area contributed by atoms with Crippen molar-refractivity contribution in [3.63, 3.8) is 0 Å². The van der Waals surface area contributed by atoms with Crippen molar-refractivity contribution in [3.8, 4) is 0 Å². The minimum atomic E-state index is -0.705. The lowest BCUT2D eigenvalue weighted by Crippen LogP contribution is -1.98. The van der Waals surface area contributed by atoms with Gasteiger partial charge in [0.15, 0.2) is 0 Å². The molecule has 0 radical (unpaired) electrons. The van der Waals surface area contributed by atoms with Crippen LogP contribution in [0.3, 0.4) is 0 Å². The monoisotopic (exact) mass is 266 g/mol. The molecule has 0 amide bonds. The summed E-state index contributed by atoms with van der Waals surface area (Å²) in [5.41, 5.74) is 0. The summed E-state index contributed by atoms with van der Waals surface area (Å²) in [4.78, 5) is 10.2. The second-order valence-electron chi connectivity index (χ2n) is 3.21. The summed E-state index contributed by atoms with van der Waals surface area (Å²) in [6.45, 7) is 1.59. The predicted octanol–water partition coefficient (Wildman–Crippen LogP) is 2.82. The van der Waals surface area contributed by atoms with Gasteiger partial charge in [-0.1, -0.05) is 22.4 Å². The van der Waals surface area contributed by atoms with E-state index in [9.17, 15) is 4.79 Å². The number of rotatable bonds is 10. The normalized spacial score (nSPS) is 10.4. The first-order valence-electron chi connectivity index (χ1n) is 5.13. The molecule has 84 valence electrons. The van der Waals surface area contributed by atoms with Crippen molar-refractivity contribution in [2.24, 2.45) is 0 Å². The van der Waals surface area contributed by atoms with Crippen molar-refractivity contribution < 1.29 is 14.6 Å². The highest BCUT2D eigenvalue weighted by Gasteiger charge is 1.96. The van der Waals surface area contributed by atoms with Crippen molar-refractivity contribution in [3.05, 3.63) is 0 Å². The first kappa shape index (κ1) is 13.9. The third-order valence-corrected chi connectivity index (χ3v) is 2.41. The average molecular weight is 267 g/mol. The summed E-state index contributed by atoms with van der Waals surface area (Å²) in [6.07, 6.45) is 5.22. The van der Waals surface area contributed by atoms with Crippen molar-refractivity contribution in [1.29, 1.82) is 0 Å². The number of carboxylic acids is 1. The van der Waals surface area contributed by atoms with Crippen LogP contribution in [0.1, 0.15) is 38.5 Å². The molecule has 0 bridgehead atoms. The SMILES string of the molecule is O=C(O)CCCCCOCCCCBr. The van der Waals surface area contributed by atoms with E-state index >= 15 is 0 Å². The number of ether oxygens (including phenoxy) is 1. The number of carbonyl (C=O) groups is 1. The Balaban J connectivity index is 2.88. The molecule has 0 aromatic rings. The Bertz CT molecular complexity index is 139. The van der Waals surface area contributed by atoms with Crippen molar-refractivity contribution in [2.75, 3.05) is 18.5 Å². The Hall–Kier alpha value is -0.0900. The maximum absolute atomic E-state index is 10.2. The molecule has 0 aliphatic rings. The predicted molar refractivity (Wildman–Crippen MR) is 60.0 cm³/mol. The van der Waals surface area contributed by atoms with E-state index in [1.165, 1.54) is 0 Å². The summed E-state index contributed by atoms with van der Waals surface area (Å²) in [6, 6.07) is 0. The Morgan fingerprint density at radius 1 is 1.07 bits per heavy atom. The molecule has 0 fully saturated rings. The average Bonchev–Trinajstić information content (AvgIpc) is 2.15. The van der Waals surface area contributed by atoms with E-state index in [-0.39, 0.29) is 6.42 Å². The van der Waals surface area contributed by atoms with Crippen LogP contribution in [0.5, 0.6) is 0 Å². The van der Waals surface area contributed by atoms with E-state index in [2.05, 4.69) is 15.9 Å². The van der Waals surface area contributed by atoms with Crippen LogP contribution in [0.4, 0.5) is 0 Å². The van der Waals surface area contributed by atoms with Gasteiger partial charge in [0.1, 0.15) is 0 Å². The van der Waals surface area contributed by atoms with Crippen LogP contribution in [0.2, 0.25) is 0 Å². The highest BCUT2D eigenvalue weighted by atomic mass is 79.9. The number of unbranched alkanes of at least 4 members (excludes halogenated alkanes) is 3. The lowest BCUT2D eigenvalue weighted by molar-refractivity contribution is -0.137. The molecule has 0 aliphatic heterocycles. The van der Waals surface area contributed by atoms with Crippen LogP contribution in [-0.2, 0) is 9.53 Å². The maximum Gasteiger partial charge on any atom is 0.303 e. The molecule has 0 aliphatic carbocycles. The first-order chi connectivity index (χ1) is 6.77. The fourth-order valence-corrected chi connectivity index (χ4v) is 1.45. The van der Waals surface area contributed by atoms with Crippen LogP contribution >= 0.6 is 15.9 Å². The quantitative estimate of drug-likeness (QED) is 0.489. The molecule has 0 heterocycles. The van der Waals surface area contributed by atoms with Gasteiger partial charge in [-0.25, -0.2) is 0 Å². The molecule has 4 heteroatoms. The van der Waals surface area contributed by atoms with Crippen molar-refractivity contribution in [1.82, 2.24) is 0 Å². The van der Waals surface area contributed by atoms with E-state index in [1.54, 1.807) is 0 Å². The number of hydrogen-bond acceptors (Lipinski definition) is 2. The van der Waals surface area contributed by atoms with E-state index in [0.29, 0.717) is 0 Å². The van der Waals surface area contributed by atoms with Gasteiger partial charge in [-0.2, -0.15) is 0 Å². The van der Waals surface area contributed by atoms with Crippen molar-refractivity contribution in [2.45, 2.75) is 38.5 Å². The Morgan fingerprint density at radius 3 is 2.29 bits per heavy atom. The molecule has 0 unspecified atom stereocenters. The summed E-state index contributed by atoms with van der Waals surface area (Å²) < 4.78 is 5.37. The van der Waals surface area contributed by atoms with Crippen LogP contribution in [0.15, 0.2) is 0 Å². The topological polar surface area (TPSA) is 46.5 Å². The molecule has 0 saturated carbocycles. The van der Waals surface area contributed by atoms with Crippen LogP contribution in [0, 0.1) is 0 Å². The summed E-state index contributed by atoms with van der Waals surface area (Å²) >= 11 is 3.36. The molecule has 0 aromatic carbocycles. The molecule has 0 saturated heterocycles. The number of alkyl halides is 1. The molecule has 1 N–H and O–H groups in total. The maximum atomic E-state index is 10.2. The van der Waals surface area contributed by atoms with Gasteiger partial charge in [0.05, 0.1) is 0 Å². The van der Waals surface area contributed by atoms with Gasteiger partial charge in [0, 0.05) is 25.0 Å². The minimum Gasteiger partial charge on any atom is -0.481 e. The van der Waals surface area contributed by atoms with E-state index in [4.69, 9.17) is 9.84 Å².